The number of nitrogens with zero attached hydrogens (tertiary/aromatic N) is 1. The summed E-state index contributed by atoms with van der Waals surface area (Å²) < 4.78 is 0. The zero-order valence-electron chi connectivity index (χ0n) is 8.82. The molecule has 0 radical (unpaired) electrons. The van der Waals surface area contributed by atoms with Crippen LogP contribution in [0.5, 0.6) is 0 Å². The molecule has 0 atom stereocenters. The Balaban J connectivity index is 2.69. The van der Waals surface area contributed by atoms with Crippen LogP contribution in [0, 0.1) is 0 Å². The van der Waals surface area contributed by atoms with Crippen LogP contribution in [0.25, 0.3) is 0 Å². The molecule has 0 amide bonds. The maximum Gasteiger partial charge on any atom is 0.101 e. The summed E-state index contributed by atoms with van der Waals surface area (Å²) >= 11 is 5.67. The molecule has 4 N–H and O–H groups in total. The first-order valence-electron chi connectivity index (χ1n) is 5.09. The normalized spacial score (nSPS) is 20.5. The Morgan fingerprint density at radius 1 is 1.40 bits per heavy atom. The van der Waals surface area contributed by atoms with Gasteiger partial charge < -0.3 is 16.4 Å². The monoisotopic (exact) mass is 227 g/mol. The topological polar surface area (TPSA) is 55.3 Å². The molecule has 1 aliphatic heterocycles. The summed E-state index contributed by atoms with van der Waals surface area (Å²) in [4.78, 5) is 2.22. The van der Waals surface area contributed by atoms with E-state index in [4.69, 9.17) is 23.1 Å². The van der Waals surface area contributed by atoms with Gasteiger partial charge in [0.1, 0.15) is 5.16 Å². The molecular formula is C11H18ClN3. The molecule has 0 unspecified atom stereocenters. The van der Waals surface area contributed by atoms with Gasteiger partial charge in [-0.1, -0.05) is 24.3 Å². The van der Waals surface area contributed by atoms with Crippen LogP contribution in [0.4, 0.5) is 0 Å². The molecule has 0 aromatic carbocycles. The maximum absolute atomic E-state index is 5.84. The lowest BCUT2D eigenvalue weighted by Crippen LogP contribution is -2.38. The zero-order chi connectivity index (χ0) is 11.3. The van der Waals surface area contributed by atoms with Crippen molar-refractivity contribution in [3.05, 3.63) is 35.7 Å². The number of piperidine rings is 1. The highest BCUT2D eigenvalue weighted by molar-refractivity contribution is 6.29. The zero-order valence-corrected chi connectivity index (χ0v) is 9.58. The lowest BCUT2D eigenvalue weighted by Gasteiger charge is -2.32. The van der Waals surface area contributed by atoms with E-state index in [2.05, 4.69) is 11.5 Å². The molecule has 1 fully saturated rings. The second-order valence-corrected chi connectivity index (χ2v) is 4.12. The van der Waals surface area contributed by atoms with E-state index in [-0.39, 0.29) is 5.16 Å². The molecule has 0 aromatic rings. The van der Waals surface area contributed by atoms with Gasteiger partial charge in [0.2, 0.25) is 0 Å². The molecule has 0 spiro atoms. The third-order valence-electron chi connectivity index (χ3n) is 2.48. The number of halogens is 1. The predicted molar refractivity (Wildman–Crippen MR) is 65.2 cm³/mol. The van der Waals surface area contributed by atoms with E-state index in [9.17, 15) is 0 Å². The lowest BCUT2D eigenvalue weighted by molar-refractivity contribution is 0.271. The van der Waals surface area contributed by atoms with Crippen LogP contribution in [0.3, 0.4) is 0 Å². The van der Waals surface area contributed by atoms with Crippen molar-refractivity contribution < 1.29 is 0 Å². The Kier molecular flexibility index (Phi) is 4.72. The largest absolute Gasteiger partial charge is 0.389 e. The number of nitrogens with two attached hydrogens (primary N) is 2. The van der Waals surface area contributed by atoms with Gasteiger partial charge in [0, 0.05) is 24.8 Å². The smallest absolute Gasteiger partial charge is 0.101 e. The van der Waals surface area contributed by atoms with E-state index in [0.717, 1.165) is 31.6 Å². The van der Waals surface area contributed by atoms with Gasteiger partial charge in [0.15, 0.2) is 0 Å². The Bertz CT molecular complexity index is 272. The van der Waals surface area contributed by atoms with Gasteiger partial charge in [-0.3, -0.25) is 0 Å². The first-order valence-corrected chi connectivity index (χ1v) is 5.47. The summed E-state index contributed by atoms with van der Waals surface area (Å²) in [6, 6.07) is 0.323. The third-order valence-corrected chi connectivity index (χ3v) is 2.59. The molecule has 4 heteroatoms. The highest BCUT2D eigenvalue weighted by Crippen LogP contribution is 2.16. The summed E-state index contributed by atoms with van der Waals surface area (Å²) in [7, 11) is 0. The van der Waals surface area contributed by atoms with Crippen LogP contribution in [0.15, 0.2) is 35.7 Å². The van der Waals surface area contributed by atoms with Crippen LogP contribution in [0.1, 0.15) is 12.8 Å². The SMILES string of the molecule is C=C/C=C(\C=C(/N)Cl)N1CCC(N)CC1. The van der Waals surface area contributed by atoms with Crippen molar-refractivity contribution in [2.75, 3.05) is 13.1 Å². The molecule has 1 rings (SSSR count). The fourth-order valence-corrected chi connectivity index (χ4v) is 1.78. The minimum Gasteiger partial charge on any atom is -0.389 e. The highest BCUT2D eigenvalue weighted by atomic mass is 35.5. The van der Waals surface area contributed by atoms with Gasteiger partial charge in [0.05, 0.1) is 0 Å². The van der Waals surface area contributed by atoms with Crippen molar-refractivity contribution >= 4 is 11.6 Å². The van der Waals surface area contributed by atoms with E-state index in [1.807, 2.05) is 6.08 Å². The summed E-state index contributed by atoms with van der Waals surface area (Å²) in [5, 5.41) is 0.290. The average molecular weight is 228 g/mol. The van der Waals surface area contributed by atoms with E-state index in [0.29, 0.717) is 6.04 Å². The molecule has 1 heterocycles. The summed E-state index contributed by atoms with van der Waals surface area (Å²) in [6.07, 6.45) is 7.40. The van der Waals surface area contributed by atoms with Crippen molar-refractivity contribution in [1.29, 1.82) is 0 Å². The fraction of sp³-hybridized carbons (Fsp3) is 0.455. The Morgan fingerprint density at radius 3 is 2.47 bits per heavy atom. The molecular weight excluding hydrogens is 210 g/mol. The number of hydrogen-bond acceptors (Lipinski definition) is 3. The Labute approximate surface area is 96.1 Å². The molecule has 1 aliphatic rings. The van der Waals surface area contributed by atoms with Crippen LogP contribution < -0.4 is 11.5 Å². The number of allylic oxidation sites excluding steroid dienone is 3. The quantitative estimate of drug-likeness (QED) is 0.568. The summed E-state index contributed by atoms with van der Waals surface area (Å²) in [6.45, 7) is 5.57. The summed E-state index contributed by atoms with van der Waals surface area (Å²) in [5.41, 5.74) is 12.3. The molecule has 1 saturated heterocycles. The molecule has 0 bridgehead atoms. The maximum atomic E-state index is 5.84. The van der Waals surface area contributed by atoms with Gasteiger partial charge in [-0.15, -0.1) is 0 Å². The van der Waals surface area contributed by atoms with Gasteiger partial charge in [0.25, 0.3) is 0 Å². The van der Waals surface area contributed by atoms with E-state index in [1.165, 1.54) is 0 Å². The molecule has 0 aromatic heterocycles. The van der Waals surface area contributed by atoms with E-state index in [1.54, 1.807) is 12.2 Å². The van der Waals surface area contributed by atoms with Gasteiger partial charge in [-0.25, -0.2) is 0 Å². The van der Waals surface area contributed by atoms with Gasteiger partial charge in [-0.05, 0) is 25.0 Å². The summed E-state index contributed by atoms with van der Waals surface area (Å²) in [5.74, 6) is 0. The van der Waals surface area contributed by atoms with Crippen LogP contribution in [0.2, 0.25) is 0 Å². The Morgan fingerprint density at radius 2 is 2.00 bits per heavy atom. The Hall–Kier alpha value is -0.930. The van der Waals surface area contributed by atoms with Crippen LogP contribution >= 0.6 is 11.6 Å². The molecule has 0 aliphatic carbocycles. The van der Waals surface area contributed by atoms with Crippen molar-refractivity contribution in [2.24, 2.45) is 11.5 Å². The standard InChI is InChI=1S/C11H18ClN3/c1-2-3-10(8-11(12)14)15-6-4-9(13)5-7-15/h2-3,8-9H,1,4-7,13-14H2/b10-3+,11-8-. The lowest BCUT2D eigenvalue weighted by atomic mass is 10.1. The fourth-order valence-electron chi connectivity index (χ4n) is 1.66. The van der Waals surface area contributed by atoms with E-state index >= 15 is 0 Å². The predicted octanol–water partition coefficient (Wildman–Crippen LogP) is 1.52. The molecule has 0 saturated carbocycles. The average Bonchev–Trinajstić information content (AvgIpc) is 2.17. The number of likely N-dealkylation sites (tertiary alicyclic amines) is 1. The second-order valence-electron chi connectivity index (χ2n) is 3.68. The molecule has 15 heavy (non-hydrogen) atoms. The third kappa shape index (κ3) is 3.98. The van der Waals surface area contributed by atoms with Crippen molar-refractivity contribution in [3.8, 4) is 0 Å². The number of hydrogen-bond donors (Lipinski definition) is 2. The minimum atomic E-state index is 0.290. The van der Waals surface area contributed by atoms with E-state index < -0.39 is 0 Å². The minimum absolute atomic E-state index is 0.290. The first kappa shape index (κ1) is 12.1. The van der Waals surface area contributed by atoms with Crippen LogP contribution in [-0.2, 0) is 0 Å². The highest BCUT2D eigenvalue weighted by Gasteiger charge is 2.16. The second kappa shape index (κ2) is 5.83. The number of rotatable bonds is 3. The molecule has 84 valence electrons. The van der Waals surface area contributed by atoms with Crippen molar-refractivity contribution in [2.45, 2.75) is 18.9 Å². The van der Waals surface area contributed by atoms with Crippen LogP contribution in [-0.4, -0.2) is 24.0 Å². The molecule has 3 nitrogen and oxygen atoms in total. The van der Waals surface area contributed by atoms with Crippen molar-refractivity contribution in [3.63, 3.8) is 0 Å². The van der Waals surface area contributed by atoms with Crippen molar-refractivity contribution in [1.82, 2.24) is 4.90 Å². The van der Waals surface area contributed by atoms with Gasteiger partial charge in [-0.2, -0.15) is 0 Å². The van der Waals surface area contributed by atoms with Gasteiger partial charge >= 0.3 is 0 Å². The first-order chi connectivity index (χ1) is 7.13.